The van der Waals surface area contributed by atoms with Gasteiger partial charge in [0.1, 0.15) is 0 Å². The van der Waals surface area contributed by atoms with Crippen molar-refractivity contribution in [2.75, 3.05) is 20.1 Å². The molecule has 0 aromatic rings. The molecule has 0 aromatic carbocycles. The van der Waals surface area contributed by atoms with Crippen molar-refractivity contribution in [1.82, 2.24) is 10.2 Å². The normalized spacial score (nSPS) is 12.1. The molecule has 6 heteroatoms. The summed E-state index contributed by atoms with van der Waals surface area (Å²) in [5.74, 6) is -0.938. The highest BCUT2D eigenvalue weighted by Gasteiger charge is 2.35. The number of rotatable bonds is 6. The lowest BCUT2D eigenvalue weighted by Crippen LogP contribution is -2.49. The molecule has 6 nitrogen and oxygen atoms in total. The topological polar surface area (TPSA) is 89.9 Å². The number of carbonyl (C=O) groups excluding carboxylic acids is 1. The van der Waals surface area contributed by atoms with Crippen LogP contribution < -0.4 is 5.32 Å². The molecule has 0 bridgehead atoms. The minimum absolute atomic E-state index is 0.0845. The summed E-state index contributed by atoms with van der Waals surface area (Å²) in [5, 5.41) is 21.1. The number of aliphatic hydroxyl groups is 1. The van der Waals surface area contributed by atoms with Crippen LogP contribution in [-0.2, 0) is 4.79 Å². The summed E-state index contributed by atoms with van der Waals surface area (Å²) in [6.07, 6.45) is -0.0845. The van der Waals surface area contributed by atoms with E-state index in [-0.39, 0.29) is 19.0 Å². The zero-order chi connectivity index (χ0) is 14.6. The van der Waals surface area contributed by atoms with Gasteiger partial charge in [-0.3, -0.25) is 4.79 Å². The molecule has 3 N–H and O–H groups in total. The van der Waals surface area contributed by atoms with Gasteiger partial charge in [0, 0.05) is 25.6 Å². The van der Waals surface area contributed by atoms with E-state index in [1.54, 1.807) is 13.8 Å². The largest absolute Gasteiger partial charge is 0.481 e. The summed E-state index contributed by atoms with van der Waals surface area (Å²) < 4.78 is 0. The molecule has 0 aromatic heterocycles. The number of urea groups is 1. The van der Waals surface area contributed by atoms with Crippen LogP contribution in [-0.4, -0.2) is 52.9 Å². The van der Waals surface area contributed by atoms with Crippen LogP contribution >= 0.6 is 0 Å². The molecule has 0 heterocycles. The molecule has 18 heavy (non-hydrogen) atoms. The number of carboxylic acids is 1. The Kier molecular flexibility index (Phi) is 5.60. The van der Waals surface area contributed by atoms with Crippen LogP contribution in [0.2, 0.25) is 0 Å². The first-order valence-corrected chi connectivity index (χ1v) is 5.90. The van der Waals surface area contributed by atoms with E-state index in [0.717, 1.165) is 0 Å². The first-order valence-electron chi connectivity index (χ1n) is 5.90. The van der Waals surface area contributed by atoms with Crippen molar-refractivity contribution in [3.63, 3.8) is 0 Å². The van der Waals surface area contributed by atoms with E-state index >= 15 is 0 Å². The molecule has 0 radical (unpaired) electrons. The lowest BCUT2D eigenvalue weighted by atomic mass is 9.77. The van der Waals surface area contributed by atoms with E-state index < -0.39 is 17.0 Å². The Bertz CT molecular complexity index is 308. The lowest BCUT2D eigenvalue weighted by Gasteiger charge is -2.37. The van der Waals surface area contributed by atoms with Crippen molar-refractivity contribution in [1.29, 1.82) is 0 Å². The van der Waals surface area contributed by atoms with Crippen molar-refractivity contribution in [2.24, 2.45) is 5.41 Å². The number of nitrogens with zero attached hydrogens (tertiary/aromatic N) is 1. The molecule has 0 saturated heterocycles. The molecule has 0 aliphatic rings. The first-order chi connectivity index (χ1) is 7.97. The third-order valence-electron chi connectivity index (χ3n) is 3.35. The molecule has 0 saturated carbocycles. The maximum absolute atomic E-state index is 11.7. The minimum Gasteiger partial charge on any atom is -0.481 e. The number of hydrogen-bond acceptors (Lipinski definition) is 3. The van der Waals surface area contributed by atoms with Gasteiger partial charge >= 0.3 is 12.0 Å². The van der Waals surface area contributed by atoms with Crippen molar-refractivity contribution >= 4 is 12.0 Å². The molecule has 106 valence electrons. The summed E-state index contributed by atoms with van der Waals surface area (Å²) >= 11 is 0. The fourth-order valence-corrected chi connectivity index (χ4v) is 1.01. The molecule has 0 rings (SSSR count). The fraction of sp³-hybridized carbons (Fsp3) is 0.833. The minimum atomic E-state index is -0.938. The van der Waals surface area contributed by atoms with Crippen LogP contribution in [0.25, 0.3) is 0 Å². The highest BCUT2D eigenvalue weighted by atomic mass is 16.4. The number of carbonyl (C=O) groups is 2. The average Bonchev–Trinajstić information content (AvgIpc) is 2.20. The van der Waals surface area contributed by atoms with Gasteiger partial charge in [0.05, 0.1) is 12.0 Å². The van der Waals surface area contributed by atoms with E-state index in [1.165, 1.54) is 11.9 Å². The Morgan fingerprint density at radius 1 is 1.22 bits per heavy atom. The van der Waals surface area contributed by atoms with Crippen molar-refractivity contribution in [3.05, 3.63) is 0 Å². The monoisotopic (exact) mass is 260 g/mol. The van der Waals surface area contributed by atoms with Gasteiger partial charge in [-0.25, -0.2) is 4.79 Å². The van der Waals surface area contributed by atoms with Crippen molar-refractivity contribution in [3.8, 4) is 0 Å². The van der Waals surface area contributed by atoms with Crippen molar-refractivity contribution < 1.29 is 19.8 Å². The first kappa shape index (κ1) is 16.7. The van der Waals surface area contributed by atoms with Gasteiger partial charge < -0.3 is 20.4 Å². The smallest absolute Gasteiger partial charge is 0.317 e. The molecule has 0 aliphatic heterocycles. The van der Waals surface area contributed by atoms with Crippen LogP contribution in [0.1, 0.15) is 34.1 Å². The van der Waals surface area contributed by atoms with E-state index in [1.807, 2.05) is 13.8 Å². The Labute approximate surface area is 108 Å². The Hall–Kier alpha value is -1.30. The fourth-order valence-electron chi connectivity index (χ4n) is 1.01. The second-order valence-corrected chi connectivity index (χ2v) is 5.67. The van der Waals surface area contributed by atoms with Gasteiger partial charge in [0.15, 0.2) is 0 Å². The molecule has 2 amide bonds. The predicted molar refractivity (Wildman–Crippen MR) is 68.4 cm³/mol. The van der Waals surface area contributed by atoms with Crippen LogP contribution in [0.5, 0.6) is 0 Å². The molecule has 0 atom stereocenters. The summed E-state index contributed by atoms with van der Waals surface area (Å²) in [6.45, 7) is 7.55. The van der Waals surface area contributed by atoms with Crippen LogP contribution in [0, 0.1) is 5.41 Å². The number of aliphatic carboxylic acids is 1. The number of carboxylic acid groups (broad SMARTS) is 1. The second kappa shape index (κ2) is 6.04. The predicted octanol–water partition coefficient (Wildman–Crippen LogP) is 0.900. The van der Waals surface area contributed by atoms with Gasteiger partial charge in [0.25, 0.3) is 0 Å². The maximum atomic E-state index is 11.7. The highest BCUT2D eigenvalue weighted by molar-refractivity contribution is 5.75. The van der Waals surface area contributed by atoms with Gasteiger partial charge in [-0.05, 0) is 13.8 Å². The van der Waals surface area contributed by atoms with Crippen molar-refractivity contribution in [2.45, 2.75) is 39.7 Å². The molecule has 0 aliphatic carbocycles. The quantitative estimate of drug-likeness (QED) is 0.662. The van der Waals surface area contributed by atoms with E-state index in [0.29, 0.717) is 6.54 Å². The average molecular weight is 260 g/mol. The standard InChI is InChI=1S/C12H24N2O4/c1-11(2,12(3,4)18)8-13-10(17)14(5)7-6-9(15)16/h18H,6-8H2,1-5H3,(H,13,17)(H,15,16). The van der Waals surface area contributed by atoms with Gasteiger partial charge in [-0.1, -0.05) is 13.8 Å². The summed E-state index contributed by atoms with van der Waals surface area (Å²) in [5.41, 5.74) is -1.39. The lowest BCUT2D eigenvalue weighted by molar-refractivity contribution is -0.137. The van der Waals surface area contributed by atoms with E-state index in [4.69, 9.17) is 5.11 Å². The zero-order valence-corrected chi connectivity index (χ0v) is 11.8. The number of amides is 2. The Morgan fingerprint density at radius 3 is 2.11 bits per heavy atom. The SMILES string of the molecule is CN(CCC(=O)O)C(=O)NCC(C)(C)C(C)(C)O. The van der Waals surface area contributed by atoms with Gasteiger partial charge in [0.2, 0.25) is 0 Å². The molecule has 0 fully saturated rings. The summed E-state index contributed by atoms with van der Waals surface area (Å²) in [6, 6.07) is -0.339. The summed E-state index contributed by atoms with van der Waals surface area (Å²) in [7, 11) is 1.54. The summed E-state index contributed by atoms with van der Waals surface area (Å²) in [4.78, 5) is 23.4. The van der Waals surface area contributed by atoms with E-state index in [9.17, 15) is 14.7 Å². The van der Waals surface area contributed by atoms with E-state index in [2.05, 4.69) is 5.32 Å². The van der Waals surface area contributed by atoms with Gasteiger partial charge in [-0.15, -0.1) is 0 Å². The second-order valence-electron chi connectivity index (χ2n) is 5.67. The molecular formula is C12H24N2O4. The molecule has 0 spiro atoms. The molecule has 0 unspecified atom stereocenters. The number of hydrogen-bond donors (Lipinski definition) is 3. The third kappa shape index (κ3) is 5.35. The Balaban J connectivity index is 4.22. The highest BCUT2D eigenvalue weighted by Crippen LogP contribution is 2.29. The Morgan fingerprint density at radius 2 is 1.72 bits per heavy atom. The number of nitrogens with one attached hydrogen (secondary N) is 1. The third-order valence-corrected chi connectivity index (χ3v) is 3.35. The molecular weight excluding hydrogens is 236 g/mol. The van der Waals surface area contributed by atoms with Crippen LogP contribution in [0.3, 0.4) is 0 Å². The maximum Gasteiger partial charge on any atom is 0.317 e. The van der Waals surface area contributed by atoms with Gasteiger partial charge in [-0.2, -0.15) is 0 Å². The zero-order valence-electron chi connectivity index (χ0n) is 11.8. The van der Waals surface area contributed by atoms with Crippen LogP contribution in [0.4, 0.5) is 4.79 Å². The van der Waals surface area contributed by atoms with Crippen LogP contribution in [0.15, 0.2) is 0 Å².